The standard InChI is InChI=1S/C12H15ClO4/c1-6-9(14)11(16)12(17-6)10(15)7-3-2-4-8(13)5-7/h2-6,9-12,14-16H,1H3/t6-,9-,10+,11-,12+/m0/s1. The van der Waals surface area contributed by atoms with Crippen molar-refractivity contribution in [2.45, 2.75) is 37.4 Å². The summed E-state index contributed by atoms with van der Waals surface area (Å²) in [5, 5.41) is 29.9. The van der Waals surface area contributed by atoms with Crippen LogP contribution < -0.4 is 0 Å². The van der Waals surface area contributed by atoms with E-state index in [1.54, 1.807) is 31.2 Å². The van der Waals surface area contributed by atoms with Crippen LogP contribution in [0.3, 0.4) is 0 Å². The lowest BCUT2D eigenvalue weighted by Gasteiger charge is -2.21. The van der Waals surface area contributed by atoms with Crippen LogP contribution >= 0.6 is 11.6 Å². The van der Waals surface area contributed by atoms with E-state index in [1.807, 2.05) is 0 Å². The third kappa shape index (κ3) is 2.46. The third-order valence-corrected chi connectivity index (χ3v) is 3.28. The van der Waals surface area contributed by atoms with Crippen molar-refractivity contribution in [3.63, 3.8) is 0 Å². The van der Waals surface area contributed by atoms with Gasteiger partial charge in [-0.3, -0.25) is 0 Å². The Kier molecular flexibility index (Phi) is 3.70. The zero-order valence-corrected chi connectivity index (χ0v) is 10.1. The quantitative estimate of drug-likeness (QED) is 0.737. The van der Waals surface area contributed by atoms with E-state index in [9.17, 15) is 15.3 Å². The second-order valence-corrected chi connectivity index (χ2v) is 4.72. The molecule has 1 heterocycles. The van der Waals surface area contributed by atoms with Crippen molar-refractivity contribution in [1.82, 2.24) is 0 Å². The van der Waals surface area contributed by atoms with Gasteiger partial charge in [0.25, 0.3) is 0 Å². The number of halogens is 1. The number of hydrogen-bond donors (Lipinski definition) is 3. The highest BCUT2D eigenvalue weighted by atomic mass is 35.5. The molecule has 0 radical (unpaired) electrons. The number of hydrogen-bond acceptors (Lipinski definition) is 4. The number of ether oxygens (including phenoxy) is 1. The lowest BCUT2D eigenvalue weighted by molar-refractivity contribution is -0.0635. The molecule has 5 atom stereocenters. The maximum absolute atomic E-state index is 10.1. The Hall–Kier alpha value is -0.650. The largest absolute Gasteiger partial charge is 0.388 e. The molecular formula is C12H15ClO4. The van der Waals surface area contributed by atoms with Crippen molar-refractivity contribution in [2.24, 2.45) is 0 Å². The van der Waals surface area contributed by atoms with Crippen LogP contribution in [0.4, 0.5) is 0 Å². The average molecular weight is 259 g/mol. The van der Waals surface area contributed by atoms with Gasteiger partial charge in [-0.15, -0.1) is 0 Å². The number of benzene rings is 1. The first-order chi connectivity index (χ1) is 8.00. The van der Waals surface area contributed by atoms with Crippen molar-refractivity contribution < 1.29 is 20.1 Å². The summed E-state index contributed by atoms with van der Waals surface area (Å²) in [6.45, 7) is 1.65. The Morgan fingerprint density at radius 2 is 2.00 bits per heavy atom. The van der Waals surface area contributed by atoms with Crippen molar-refractivity contribution in [2.75, 3.05) is 0 Å². The van der Waals surface area contributed by atoms with Crippen LogP contribution in [0.2, 0.25) is 5.02 Å². The number of aliphatic hydroxyl groups is 3. The van der Waals surface area contributed by atoms with Crippen LogP contribution in [0.1, 0.15) is 18.6 Å². The molecule has 5 heteroatoms. The molecule has 0 unspecified atom stereocenters. The molecule has 0 spiro atoms. The summed E-state index contributed by atoms with van der Waals surface area (Å²) in [7, 11) is 0. The second kappa shape index (κ2) is 4.92. The molecule has 0 aliphatic carbocycles. The van der Waals surface area contributed by atoms with Gasteiger partial charge in [0.1, 0.15) is 24.4 Å². The van der Waals surface area contributed by atoms with Crippen LogP contribution in [0.25, 0.3) is 0 Å². The van der Waals surface area contributed by atoms with E-state index in [2.05, 4.69) is 0 Å². The van der Waals surface area contributed by atoms with E-state index in [4.69, 9.17) is 16.3 Å². The Morgan fingerprint density at radius 3 is 2.53 bits per heavy atom. The minimum Gasteiger partial charge on any atom is -0.388 e. The highest BCUT2D eigenvalue weighted by molar-refractivity contribution is 6.30. The van der Waals surface area contributed by atoms with Crippen molar-refractivity contribution >= 4 is 11.6 Å². The van der Waals surface area contributed by atoms with Crippen molar-refractivity contribution in [1.29, 1.82) is 0 Å². The summed E-state index contributed by atoms with van der Waals surface area (Å²) in [6.07, 6.45) is -4.42. The molecular weight excluding hydrogens is 244 g/mol. The van der Waals surface area contributed by atoms with E-state index in [0.29, 0.717) is 10.6 Å². The van der Waals surface area contributed by atoms with Gasteiger partial charge in [0, 0.05) is 5.02 Å². The van der Waals surface area contributed by atoms with Crippen LogP contribution in [0.5, 0.6) is 0 Å². The first kappa shape index (κ1) is 12.8. The number of aliphatic hydroxyl groups excluding tert-OH is 3. The molecule has 0 saturated carbocycles. The Morgan fingerprint density at radius 1 is 1.29 bits per heavy atom. The van der Waals surface area contributed by atoms with Crippen LogP contribution in [-0.4, -0.2) is 39.7 Å². The molecule has 4 nitrogen and oxygen atoms in total. The highest BCUT2D eigenvalue weighted by Crippen LogP contribution is 2.31. The summed E-state index contributed by atoms with van der Waals surface area (Å²) in [5.74, 6) is 0. The molecule has 0 bridgehead atoms. The maximum atomic E-state index is 10.1. The maximum Gasteiger partial charge on any atom is 0.116 e. The fourth-order valence-corrected chi connectivity index (χ4v) is 2.22. The second-order valence-electron chi connectivity index (χ2n) is 4.29. The van der Waals surface area contributed by atoms with Gasteiger partial charge in [-0.25, -0.2) is 0 Å². The van der Waals surface area contributed by atoms with Crippen molar-refractivity contribution in [3.8, 4) is 0 Å². The first-order valence-electron chi connectivity index (χ1n) is 5.46. The predicted molar refractivity (Wildman–Crippen MR) is 62.8 cm³/mol. The summed E-state index contributed by atoms with van der Waals surface area (Å²) in [4.78, 5) is 0. The topological polar surface area (TPSA) is 69.9 Å². The SMILES string of the molecule is C[C@@H]1O[C@H]([C@H](O)c2cccc(Cl)c2)[C@@H](O)[C@H]1O. The summed E-state index contributed by atoms with van der Waals surface area (Å²) in [6, 6.07) is 6.71. The van der Waals surface area contributed by atoms with Crippen LogP contribution in [0, 0.1) is 0 Å². The normalized spacial score (nSPS) is 34.9. The highest BCUT2D eigenvalue weighted by Gasteiger charge is 2.44. The molecule has 1 saturated heterocycles. The van der Waals surface area contributed by atoms with E-state index in [0.717, 1.165) is 0 Å². The zero-order chi connectivity index (χ0) is 12.6. The smallest absolute Gasteiger partial charge is 0.116 e. The molecule has 2 rings (SSSR count). The molecule has 0 amide bonds. The fourth-order valence-electron chi connectivity index (χ4n) is 2.02. The minimum atomic E-state index is -1.10. The molecule has 1 aliphatic heterocycles. The van der Waals surface area contributed by atoms with E-state index >= 15 is 0 Å². The van der Waals surface area contributed by atoms with Gasteiger partial charge >= 0.3 is 0 Å². The summed E-state index contributed by atoms with van der Waals surface area (Å²) < 4.78 is 5.35. The summed E-state index contributed by atoms with van der Waals surface area (Å²) >= 11 is 5.83. The van der Waals surface area contributed by atoms with E-state index < -0.39 is 30.5 Å². The van der Waals surface area contributed by atoms with Gasteiger partial charge in [-0.2, -0.15) is 0 Å². The molecule has 1 fully saturated rings. The molecule has 94 valence electrons. The fraction of sp³-hybridized carbons (Fsp3) is 0.500. The Bertz CT molecular complexity index is 398. The molecule has 3 N–H and O–H groups in total. The van der Waals surface area contributed by atoms with Gasteiger partial charge in [-0.05, 0) is 24.6 Å². The molecule has 0 aromatic heterocycles. The van der Waals surface area contributed by atoms with Crippen LogP contribution in [-0.2, 0) is 4.74 Å². The van der Waals surface area contributed by atoms with Crippen LogP contribution in [0.15, 0.2) is 24.3 Å². The summed E-state index contributed by atoms with van der Waals surface area (Å²) in [5.41, 5.74) is 0.558. The molecule has 1 aliphatic rings. The third-order valence-electron chi connectivity index (χ3n) is 3.04. The Balaban J connectivity index is 2.18. The lowest BCUT2D eigenvalue weighted by Crippen LogP contribution is -2.34. The van der Waals surface area contributed by atoms with Gasteiger partial charge < -0.3 is 20.1 Å². The van der Waals surface area contributed by atoms with Gasteiger partial charge in [0.05, 0.1) is 6.10 Å². The van der Waals surface area contributed by atoms with Gasteiger partial charge in [0.15, 0.2) is 0 Å². The van der Waals surface area contributed by atoms with E-state index in [1.165, 1.54) is 0 Å². The van der Waals surface area contributed by atoms with Gasteiger partial charge in [0.2, 0.25) is 0 Å². The zero-order valence-electron chi connectivity index (χ0n) is 9.32. The predicted octanol–water partition coefficient (Wildman–Crippen LogP) is 0.882. The lowest BCUT2D eigenvalue weighted by atomic mass is 9.99. The molecule has 1 aromatic rings. The molecule has 17 heavy (non-hydrogen) atoms. The van der Waals surface area contributed by atoms with E-state index in [-0.39, 0.29) is 0 Å². The van der Waals surface area contributed by atoms with Crippen molar-refractivity contribution in [3.05, 3.63) is 34.9 Å². The van der Waals surface area contributed by atoms with Gasteiger partial charge in [-0.1, -0.05) is 23.7 Å². The number of rotatable bonds is 2. The average Bonchev–Trinajstić information content (AvgIpc) is 2.56. The molecule has 1 aromatic carbocycles. The first-order valence-corrected chi connectivity index (χ1v) is 5.83. The Labute approximate surface area is 104 Å². The minimum absolute atomic E-state index is 0.496. The monoisotopic (exact) mass is 258 g/mol.